The molecule has 5 nitrogen and oxygen atoms in total. The smallest absolute Gasteiger partial charge is 0.321 e. The predicted molar refractivity (Wildman–Crippen MR) is 76.8 cm³/mol. The van der Waals surface area contributed by atoms with Crippen LogP contribution in [0, 0.1) is 5.92 Å². The summed E-state index contributed by atoms with van der Waals surface area (Å²) in [6, 6.07) is 7.28. The lowest BCUT2D eigenvalue weighted by atomic mass is 10.1. The molecule has 2 N–H and O–H groups in total. The number of benzene rings is 1. The van der Waals surface area contributed by atoms with E-state index in [1.54, 1.807) is 0 Å². The van der Waals surface area contributed by atoms with E-state index in [1.807, 2.05) is 29.2 Å². The van der Waals surface area contributed by atoms with Gasteiger partial charge in [0.15, 0.2) is 0 Å². The molecule has 2 amide bonds. The molecule has 0 aliphatic carbocycles. The minimum Gasteiger partial charge on any atom is -0.481 e. The van der Waals surface area contributed by atoms with Crippen LogP contribution in [0.5, 0.6) is 0 Å². The zero-order valence-corrected chi connectivity index (χ0v) is 11.6. The van der Waals surface area contributed by atoms with Gasteiger partial charge in [-0.3, -0.25) is 4.79 Å². The highest BCUT2D eigenvalue weighted by Crippen LogP contribution is 2.18. The Kier molecular flexibility index (Phi) is 4.61. The summed E-state index contributed by atoms with van der Waals surface area (Å²) in [4.78, 5) is 24.4. The summed E-state index contributed by atoms with van der Waals surface area (Å²) in [7, 11) is 0. The average Bonchev–Trinajstić information content (AvgIpc) is 2.84. The molecule has 0 saturated carbocycles. The third-order valence-corrected chi connectivity index (χ3v) is 3.52. The Morgan fingerprint density at radius 1 is 1.45 bits per heavy atom. The number of rotatable bonds is 4. The normalized spacial score (nSPS) is 18.1. The Hall–Kier alpha value is -2.04. The number of carbonyl (C=O) groups is 2. The molecule has 108 valence electrons. The number of aliphatic carboxylic acids is 1. The van der Waals surface area contributed by atoms with Crippen LogP contribution >= 0.6 is 0 Å². The fourth-order valence-electron chi connectivity index (χ4n) is 2.38. The summed E-state index contributed by atoms with van der Waals surface area (Å²) >= 11 is 0. The first kappa shape index (κ1) is 14.4. The lowest BCUT2D eigenvalue weighted by Gasteiger charge is -2.17. The van der Waals surface area contributed by atoms with Crippen LogP contribution in [-0.2, 0) is 11.2 Å². The molecule has 0 radical (unpaired) electrons. The lowest BCUT2D eigenvalue weighted by molar-refractivity contribution is -0.136. The van der Waals surface area contributed by atoms with E-state index in [-0.39, 0.29) is 12.5 Å². The number of nitrogens with one attached hydrogen (secondary N) is 1. The van der Waals surface area contributed by atoms with Gasteiger partial charge in [-0.25, -0.2) is 4.79 Å². The van der Waals surface area contributed by atoms with Gasteiger partial charge < -0.3 is 15.3 Å². The molecule has 20 heavy (non-hydrogen) atoms. The van der Waals surface area contributed by atoms with Gasteiger partial charge in [0.25, 0.3) is 0 Å². The van der Waals surface area contributed by atoms with Crippen LogP contribution in [0.1, 0.15) is 25.3 Å². The Morgan fingerprint density at radius 3 is 2.90 bits per heavy atom. The Balaban J connectivity index is 1.93. The van der Waals surface area contributed by atoms with Crippen molar-refractivity contribution < 1.29 is 14.7 Å². The molecule has 1 unspecified atom stereocenters. The van der Waals surface area contributed by atoms with E-state index < -0.39 is 5.97 Å². The van der Waals surface area contributed by atoms with Crippen molar-refractivity contribution in [3.05, 3.63) is 29.8 Å². The molecular formula is C15H20N2O3. The SMILES string of the molecule is CC1CCN(C(=O)Nc2cccc(CCC(=O)O)c2)C1. The number of amides is 2. The highest BCUT2D eigenvalue weighted by Gasteiger charge is 2.23. The number of carboxylic acid groups (broad SMARTS) is 1. The molecule has 1 saturated heterocycles. The fourth-order valence-corrected chi connectivity index (χ4v) is 2.38. The van der Waals surface area contributed by atoms with Crippen LogP contribution in [0.4, 0.5) is 10.5 Å². The van der Waals surface area contributed by atoms with Crippen molar-refractivity contribution in [2.45, 2.75) is 26.2 Å². The highest BCUT2D eigenvalue weighted by molar-refractivity contribution is 5.89. The van der Waals surface area contributed by atoms with Crippen LogP contribution in [0.25, 0.3) is 0 Å². The number of nitrogens with zero attached hydrogens (tertiary/aromatic N) is 1. The number of urea groups is 1. The van der Waals surface area contributed by atoms with Crippen molar-refractivity contribution in [3.63, 3.8) is 0 Å². The number of hydrogen-bond donors (Lipinski definition) is 2. The summed E-state index contributed by atoms with van der Waals surface area (Å²) < 4.78 is 0. The summed E-state index contributed by atoms with van der Waals surface area (Å²) in [5, 5.41) is 11.6. The molecule has 1 aliphatic rings. The quantitative estimate of drug-likeness (QED) is 0.888. The minimum atomic E-state index is -0.814. The van der Waals surface area contributed by atoms with Crippen molar-refractivity contribution in [1.82, 2.24) is 4.90 Å². The zero-order chi connectivity index (χ0) is 14.5. The van der Waals surface area contributed by atoms with Gasteiger partial charge >= 0.3 is 12.0 Å². The van der Waals surface area contributed by atoms with E-state index in [1.165, 1.54) is 0 Å². The maximum absolute atomic E-state index is 12.1. The minimum absolute atomic E-state index is 0.0789. The Morgan fingerprint density at radius 2 is 2.25 bits per heavy atom. The van der Waals surface area contributed by atoms with E-state index in [0.717, 1.165) is 30.8 Å². The van der Waals surface area contributed by atoms with Crippen LogP contribution < -0.4 is 5.32 Å². The molecule has 1 aromatic rings. The standard InChI is InChI=1S/C15H20N2O3/c1-11-7-8-17(10-11)15(20)16-13-4-2-3-12(9-13)5-6-14(18)19/h2-4,9,11H,5-8,10H2,1H3,(H,16,20)(H,18,19). The number of aryl methyl sites for hydroxylation is 1. The van der Waals surface area contributed by atoms with Crippen molar-refractivity contribution >= 4 is 17.7 Å². The first-order chi connectivity index (χ1) is 9.54. The van der Waals surface area contributed by atoms with Crippen LogP contribution in [-0.4, -0.2) is 35.1 Å². The zero-order valence-electron chi connectivity index (χ0n) is 11.6. The largest absolute Gasteiger partial charge is 0.481 e. The summed E-state index contributed by atoms with van der Waals surface area (Å²) in [6.45, 7) is 3.73. The topological polar surface area (TPSA) is 69.6 Å². The third kappa shape index (κ3) is 3.98. The molecular weight excluding hydrogens is 256 g/mol. The monoisotopic (exact) mass is 276 g/mol. The molecule has 1 atom stereocenters. The van der Waals surface area contributed by atoms with Crippen LogP contribution in [0.3, 0.4) is 0 Å². The number of hydrogen-bond acceptors (Lipinski definition) is 2. The predicted octanol–water partition coefficient (Wildman–Crippen LogP) is 2.58. The van der Waals surface area contributed by atoms with Gasteiger partial charge in [0.05, 0.1) is 0 Å². The molecule has 1 aliphatic heterocycles. The molecule has 0 bridgehead atoms. The molecule has 1 aromatic carbocycles. The number of likely N-dealkylation sites (tertiary alicyclic amines) is 1. The second-order valence-electron chi connectivity index (χ2n) is 5.36. The van der Waals surface area contributed by atoms with Gasteiger partial charge in [-0.2, -0.15) is 0 Å². The number of anilines is 1. The maximum Gasteiger partial charge on any atom is 0.321 e. The van der Waals surface area contributed by atoms with Crippen LogP contribution in [0.15, 0.2) is 24.3 Å². The first-order valence-corrected chi connectivity index (χ1v) is 6.91. The van der Waals surface area contributed by atoms with Gasteiger partial charge in [0.2, 0.25) is 0 Å². The lowest BCUT2D eigenvalue weighted by Crippen LogP contribution is -2.32. The summed E-state index contributed by atoms with van der Waals surface area (Å²) in [6.07, 6.45) is 1.62. The highest BCUT2D eigenvalue weighted by atomic mass is 16.4. The Labute approximate surface area is 118 Å². The van der Waals surface area contributed by atoms with Crippen molar-refractivity contribution in [3.8, 4) is 0 Å². The molecule has 2 rings (SSSR count). The van der Waals surface area contributed by atoms with Gasteiger partial charge in [-0.15, -0.1) is 0 Å². The second kappa shape index (κ2) is 6.41. The van der Waals surface area contributed by atoms with E-state index in [4.69, 9.17) is 5.11 Å². The second-order valence-corrected chi connectivity index (χ2v) is 5.36. The van der Waals surface area contributed by atoms with Crippen molar-refractivity contribution in [1.29, 1.82) is 0 Å². The molecule has 5 heteroatoms. The number of carbonyl (C=O) groups excluding carboxylic acids is 1. The summed E-state index contributed by atoms with van der Waals surface area (Å²) in [5.41, 5.74) is 1.64. The molecule has 0 aromatic heterocycles. The van der Waals surface area contributed by atoms with Gasteiger partial charge in [-0.1, -0.05) is 19.1 Å². The molecule has 1 fully saturated rings. The van der Waals surface area contributed by atoms with Crippen molar-refractivity contribution in [2.24, 2.45) is 5.92 Å². The van der Waals surface area contributed by atoms with Gasteiger partial charge in [0.1, 0.15) is 0 Å². The van der Waals surface area contributed by atoms with E-state index >= 15 is 0 Å². The molecule has 0 spiro atoms. The Bertz CT molecular complexity index is 502. The first-order valence-electron chi connectivity index (χ1n) is 6.91. The van der Waals surface area contributed by atoms with Gasteiger partial charge in [-0.05, 0) is 36.5 Å². The summed E-state index contributed by atoms with van der Waals surface area (Å²) in [5.74, 6) is -0.256. The molecule has 1 heterocycles. The number of carboxylic acids is 1. The third-order valence-electron chi connectivity index (χ3n) is 3.52. The fraction of sp³-hybridized carbons (Fsp3) is 0.467. The van der Waals surface area contributed by atoms with Crippen LogP contribution in [0.2, 0.25) is 0 Å². The van der Waals surface area contributed by atoms with E-state index in [0.29, 0.717) is 12.3 Å². The van der Waals surface area contributed by atoms with E-state index in [2.05, 4.69) is 12.2 Å². The maximum atomic E-state index is 12.1. The average molecular weight is 276 g/mol. The van der Waals surface area contributed by atoms with Crippen molar-refractivity contribution in [2.75, 3.05) is 18.4 Å². The van der Waals surface area contributed by atoms with Gasteiger partial charge in [0, 0.05) is 25.2 Å². The van der Waals surface area contributed by atoms with E-state index in [9.17, 15) is 9.59 Å².